The summed E-state index contributed by atoms with van der Waals surface area (Å²) in [7, 11) is 1.87. The quantitative estimate of drug-likeness (QED) is 0.823. The Balaban J connectivity index is 1.54. The van der Waals surface area contributed by atoms with E-state index in [2.05, 4.69) is 16.3 Å². The molecular weight excluding hydrogens is 308 g/mol. The summed E-state index contributed by atoms with van der Waals surface area (Å²) >= 11 is 0. The smallest absolute Gasteiger partial charge is 0.256 e. The topological polar surface area (TPSA) is 69.5 Å². The van der Waals surface area contributed by atoms with Gasteiger partial charge in [-0.15, -0.1) is 10.2 Å². The summed E-state index contributed by atoms with van der Waals surface area (Å²) in [6, 6.07) is 8.01. The third-order valence-electron chi connectivity index (χ3n) is 4.63. The molecule has 126 valence electrons. The second-order valence-corrected chi connectivity index (χ2v) is 6.14. The molecule has 0 radical (unpaired) electrons. The fourth-order valence-electron chi connectivity index (χ4n) is 3.35. The Kier molecular flexibility index (Phi) is 4.03. The van der Waals surface area contributed by atoms with Crippen LogP contribution in [0.1, 0.15) is 29.2 Å². The first-order valence-electron chi connectivity index (χ1n) is 8.17. The molecule has 0 saturated carbocycles. The number of nitrogens with zero attached hydrogens (tertiary/aromatic N) is 4. The normalized spacial score (nSPS) is 23.8. The third-order valence-corrected chi connectivity index (χ3v) is 4.63. The van der Waals surface area contributed by atoms with Gasteiger partial charge in [0.05, 0.1) is 19.8 Å². The Bertz CT molecular complexity index is 745. The average molecular weight is 328 g/mol. The van der Waals surface area contributed by atoms with E-state index in [1.807, 2.05) is 34.7 Å². The maximum atomic E-state index is 13.0. The average Bonchev–Trinajstić information content (AvgIpc) is 3.07. The van der Waals surface area contributed by atoms with Crippen molar-refractivity contribution in [1.29, 1.82) is 0 Å². The zero-order valence-corrected chi connectivity index (χ0v) is 13.6. The van der Waals surface area contributed by atoms with Crippen LogP contribution in [0, 0.1) is 0 Å². The molecule has 1 aromatic carbocycles. The molecular formula is C17H20N4O3. The van der Waals surface area contributed by atoms with Crippen molar-refractivity contribution in [2.24, 2.45) is 7.05 Å². The fourth-order valence-corrected chi connectivity index (χ4v) is 3.35. The number of morpholine rings is 1. The number of hydrogen-bond acceptors (Lipinski definition) is 5. The van der Waals surface area contributed by atoms with Crippen molar-refractivity contribution < 1.29 is 14.3 Å². The molecule has 7 nitrogen and oxygen atoms in total. The first kappa shape index (κ1) is 15.3. The maximum absolute atomic E-state index is 13.0. The number of carbonyl (C=O) groups is 1. The molecule has 2 aliphatic rings. The van der Waals surface area contributed by atoms with E-state index in [0.717, 1.165) is 17.8 Å². The van der Waals surface area contributed by atoms with Crippen molar-refractivity contribution in [1.82, 2.24) is 19.7 Å². The Hall–Kier alpha value is -2.25. The predicted octanol–water partition coefficient (Wildman–Crippen LogP) is 1.03. The number of aryl methyl sites for hydroxylation is 1. The van der Waals surface area contributed by atoms with E-state index in [4.69, 9.17) is 9.47 Å². The van der Waals surface area contributed by atoms with Gasteiger partial charge in [-0.3, -0.25) is 4.79 Å². The second kappa shape index (κ2) is 6.33. The van der Waals surface area contributed by atoms with Crippen LogP contribution in [0.3, 0.4) is 0 Å². The van der Waals surface area contributed by atoms with Gasteiger partial charge in [-0.25, -0.2) is 0 Å². The largest absolute Gasteiger partial charge is 0.366 e. The first-order valence-corrected chi connectivity index (χ1v) is 8.17. The molecule has 1 fully saturated rings. The lowest BCUT2D eigenvalue weighted by Gasteiger charge is -2.35. The number of carbonyl (C=O) groups excluding carboxylic acids is 1. The molecule has 0 N–H and O–H groups in total. The number of benzene rings is 1. The van der Waals surface area contributed by atoms with Crippen molar-refractivity contribution in [3.63, 3.8) is 0 Å². The highest BCUT2D eigenvalue weighted by molar-refractivity contribution is 5.83. The van der Waals surface area contributed by atoms with E-state index >= 15 is 0 Å². The van der Waals surface area contributed by atoms with Crippen molar-refractivity contribution in [3.05, 3.63) is 47.5 Å². The van der Waals surface area contributed by atoms with Crippen molar-refractivity contribution in [2.75, 3.05) is 26.3 Å². The van der Waals surface area contributed by atoms with E-state index in [-0.39, 0.29) is 12.0 Å². The van der Waals surface area contributed by atoms with Gasteiger partial charge in [-0.1, -0.05) is 24.3 Å². The monoisotopic (exact) mass is 328 g/mol. The minimum Gasteiger partial charge on any atom is -0.366 e. The minimum atomic E-state index is -0.520. The zero-order chi connectivity index (χ0) is 16.5. The van der Waals surface area contributed by atoms with E-state index in [0.29, 0.717) is 26.3 Å². The number of fused-ring (bicyclic) bond motifs is 1. The van der Waals surface area contributed by atoms with Crippen molar-refractivity contribution in [3.8, 4) is 0 Å². The zero-order valence-electron chi connectivity index (χ0n) is 13.6. The second-order valence-electron chi connectivity index (χ2n) is 6.14. The van der Waals surface area contributed by atoms with Gasteiger partial charge in [0.1, 0.15) is 12.4 Å². The van der Waals surface area contributed by atoms with Crippen molar-refractivity contribution in [2.45, 2.75) is 18.6 Å². The molecule has 7 heteroatoms. The molecule has 2 aromatic rings. The summed E-state index contributed by atoms with van der Waals surface area (Å²) in [5.41, 5.74) is 2.18. The number of rotatable bonds is 2. The van der Waals surface area contributed by atoms with Gasteiger partial charge in [-0.2, -0.15) is 0 Å². The Morgan fingerprint density at radius 2 is 2.12 bits per heavy atom. The Labute approximate surface area is 140 Å². The van der Waals surface area contributed by atoms with Gasteiger partial charge in [0.25, 0.3) is 5.91 Å². The summed E-state index contributed by atoms with van der Waals surface area (Å²) in [5, 5.41) is 7.99. The van der Waals surface area contributed by atoms with Gasteiger partial charge in [0.15, 0.2) is 11.9 Å². The lowest BCUT2D eigenvalue weighted by Crippen LogP contribution is -2.46. The van der Waals surface area contributed by atoms with Crippen LogP contribution in [0.5, 0.6) is 0 Å². The van der Waals surface area contributed by atoms with Gasteiger partial charge in [-0.05, 0) is 17.5 Å². The molecule has 4 rings (SSSR count). The van der Waals surface area contributed by atoms with Crippen LogP contribution in [-0.4, -0.2) is 51.9 Å². The SMILES string of the molecule is Cn1cnnc1[C@H]1CN(C(=O)[C@@H]2OCCc3ccccc32)CCO1. The number of aromatic nitrogens is 3. The molecule has 0 unspecified atom stereocenters. The highest BCUT2D eigenvalue weighted by Crippen LogP contribution is 2.30. The lowest BCUT2D eigenvalue weighted by molar-refractivity contribution is -0.153. The van der Waals surface area contributed by atoms with Gasteiger partial charge < -0.3 is 18.9 Å². The van der Waals surface area contributed by atoms with E-state index in [1.165, 1.54) is 5.56 Å². The maximum Gasteiger partial charge on any atom is 0.256 e. The number of hydrogen-bond donors (Lipinski definition) is 0. The van der Waals surface area contributed by atoms with Gasteiger partial charge in [0, 0.05) is 13.6 Å². The Morgan fingerprint density at radius 3 is 2.96 bits per heavy atom. The molecule has 0 aliphatic carbocycles. The lowest BCUT2D eigenvalue weighted by atomic mass is 9.96. The predicted molar refractivity (Wildman–Crippen MR) is 85.1 cm³/mol. The van der Waals surface area contributed by atoms with E-state index in [9.17, 15) is 4.79 Å². The summed E-state index contributed by atoms with van der Waals surface area (Å²) in [5.74, 6) is 0.732. The van der Waals surface area contributed by atoms with Crippen LogP contribution in [0.25, 0.3) is 0 Å². The van der Waals surface area contributed by atoms with Crippen LogP contribution >= 0.6 is 0 Å². The minimum absolute atomic E-state index is 0.00221. The molecule has 0 bridgehead atoms. The number of amides is 1. The summed E-state index contributed by atoms with van der Waals surface area (Å²) in [4.78, 5) is 14.8. The first-order chi connectivity index (χ1) is 11.7. The Morgan fingerprint density at radius 1 is 1.25 bits per heavy atom. The van der Waals surface area contributed by atoms with Crippen LogP contribution in [0.15, 0.2) is 30.6 Å². The van der Waals surface area contributed by atoms with Crippen LogP contribution < -0.4 is 0 Å². The molecule has 0 spiro atoms. The van der Waals surface area contributed by atoms with Gasteiger partial charge >= 0.3 is 0 Å². The molecule has 1 saturated heterocycles. The molecule has 24 heavy (non-hydrogen) atoms. The van der Waals surface area contributed by atoms with Crippen LogP contribution in [0.2, 0.25) is 0 Å². The molecule has 1 aromatic heterocycles. The van der Waals surface area contributed by atoms with Crippen molar-refractivity contribution >= 4 is 5.91 Å². The molecule has 3 heterocycles. The standard InChI is InChI=1S/C17H20N4O3/c1-20-11-18-19-16(20)14-10-21(7-9-23-14)17(22)15-13-5-3-2-4-12(13)6-8-24-15/h2-5,11,14-15H,6-10H2,1H3/t14-,15-/m1/s1. The number of ether oxygens (including phenoxy) is 2. The van der Waals surface area contributed by atoms with E-state index < -0.39 is 6.10 Å². The fraction of sp³-hybridized carbons (Fsp3) is 0.471. The van der Waals surface area contributed by atoms with Crippen LogP contribution in [-0.2, 0) is 27.7 Å². The molecule has 2 atom stereocenters. The molecule has 1 amide bonds. The summed E-state index contributed by atoms with van der Waals surface area (Å²) in [6.07, 6.45) is 1.71. The summed E-state index contributed by atoms with van der Waals surface area (Å²) < 4.78 is 13.4. The van der Waals surface area contributed by atoms with Crippen LogP contribution in [0.4, 0.5) is 0 Å². The van der Waals surface area contributed by atoms with E-state index in [1.54, 1.807) is 6.33 Å². The molecule has 2 aliphatic heterocycles. The highest BCUT2D eigenvalue weighted by atomic mass is 16.5. The third kappa shape index (κ3) is 2.70. The summed E-state index contributed by atoms with van der Waals surface area (Å²) in [6.45, 7) is 2.09. The van der Waals surface area contributed by atoms with Gasteiger partial charge in [0.2, 0.25) is 0 Å². The highest BCUT2D eigenvalue weighted by Gasteiger charge is 2.35.